The van der Waals surface area contributed by atoms with Crippen molar-refractivity contribution < 1.29 is 4.39 Å². The minimum atomic E-state index is -0.232. The second kappa shape index (κ2) is 7.04. The molecule has 4 heteroatoms. The third kappa shape index (κ3) is 4.03. The number of aryl methyl sites for hydroxylation is 1. The fourth-order valence-electron chi connectivity index (χ4n) is 2.14. The lowest BCUT2D eigenvalue weighted by molar-refractivity contribution is 0.486. The fraction of sp³-hybridized carbons (Fsp3) is 0.333. The van der Waals surface area contributed by atoms with Crippen LogP contribution in [0.5, 0.6) is 0 Å². The Labute approximate surface area is 122 Å². The normalized spacial score (nSPS) is 12.6. The minimum absolute atomic E-state index is 0.0318. The predicted molar refractivity (Wildman–Crippen MR) is 80.5 cm³/mol. The number of nitrogens with one attached hydrogen (secondary N) is 1. The second-order valence-electron chi connectivity index (χ2n) is 4.39. The van der Waals surface area contributed by atoms with Crippen molar-refractivity contribution in [1.29, 1.82) is 0 Å². The monoisotopic (exact) mass is 297 g/mol. The van der Waals surface area contributed by atoms with E-state index >= 15 is 0 Å². The molecule has 2 aromatic rings. The summed E-state index contributed by atoms with van der Waals surface area (Å²) in [5, 5.41) is 5.85. The summed E-state index contributed by atoms with van der Waals surface area (Å²) < 4.78 is 14.0. The molecule has 1 unspecified atom stereocenters. The molecular formula is C15H17ClFNS. The smallest absolute Gasteiger partial charge is 0.129 e. The zero-order valence-electron chi connectivity index (χ0n) is 10.8. The number of rotatable bonds is 6. The van der Waals surface area contributed by atoms with E-state index < -0.39 is 0 Å². The molecule has 1 nitrogen and oxygen atoms in total. The third-order valence-corrected chi connectivity index (χ3v) is 4.22. The third-order valence-electron chi connectivity index (χ3n) is 3.05. The summed E-state index contributed by atoms with van der Waals surface area (Å²) >= 11 is 7.54. The van der Waals surface area contributed by atoms with Crippen molar-refractivity contribution >= 4 is 22.9 Å². The molecule has 0 amide bonds. The first-order valence-corrected chi connectivity index (χ1v) is 7.67. The van der Waals surface area contributed by atoms with E-state index in [4.69, 9.17) is 11.6 Å². The van der Waals surface area contributed by atoms with E-state index in [1.165, 1.54) is 10.9 Å². The molecule has 1 aromatic heterocycles. The molecular weight excluding hydrogens is 281 g/mol. The maximum absolute atomic E-state index is 14.0. The van der Waals surface area contributed by atoms with Gasteiger partial charge in [-0.1, -0.05) is 30.7 Å². The minimum Gasteiger partial charge on any atom is -0.310 e. The van der Waals surface area contributed by atoms with Crippen LogP contribution in [-0.2, 0) is 6.42 Å². The summed E-state index contributed by atoms with van der Waals surface area (Å²) in [5.74, 6) is -0.232. The van der Waals surface area contributed by atoms with Gasteiger partial charge in [0.1, 0.15) is 5.82 Å². The Morgan fingerprint density at radius 2 is 2.21 bits per heavy atom. The van der Waals surface area contributed by atoms with Crippen molar-refractivity contribution in [2.75, 3.05) is 6.54 Å². The SMILES string of the molecule is CCNC(CCc1cccs1)c1ccc(Cl)cc1F. The van der Waals surface area contributed by atoms with Crippen molar-refractivity contribution in [3.05, 3.63) is 57.0 Å². The molecule has 0 saturated heterocycles. The van der Waals surface area contributed by atoms with Gasteiger partial charge in [-0.05, 0) is 43.0 Å². The predicted octanol–water partition coefficient (Wildman–Crippen LogP) is 4.82. The zero-order valence-corrected chi connectivity index (χ0v) is 12.4. The van der Waals surface area contributed by atoms with Crippen LogP contribution in [0.1, 0.15) is 29.8 Å². The number of benzene rings is 1. The van der Waals surface area contributed by atoms with Crippen molar-refractivity contribution in [2.24, 2.45) is 0 Å². The van der Waals surface area contributed by atoms with Crippen LogP contribution in [0.2, 0.25) is 5.02 Å². The van der Waals surface area contributed by atoms with Crippen LogP contribution in [0, 0.1) is 5.82 Å². The standard InChI is InChI=1S/C15H17ClFNS/c1-2-18-15(8-6-12-4-3-9-19-12)13-7-5-11(16)10-14(13)17/h3-5,7,9-10,15,18H,2,6,8H2,1H3. The topological polar surface area (TPSA) is 12.0 Å². The molecule has 1 aromatic carbocycles. The molecule has 0 spiro atoms. The van der Waals surface area contributed by atoms with E-state index in [0.717, 1.165) is 19.4 Å². The van der Waals surface area contributed by atoms with Crippen molar-refractivity contribution in [3.63, 3.8) is 0 Å². The quantitative estimate of drug-likeness (QED) is 0.806. The Kier molecular flexibility index (Phi) is 5.37. The van der Waals surface area contributed by atoms with Gasteiger partial charge in [-0.15, -0.1) is 11.3 Å². The lowest BCUT2D eigenvalue weighted by Gasteiger charge is -2.18. The maximum Gasteiger partial charge on any atom is 0.129 e. The second-order valence-corrected chi connectivity index (χ2v) is 5.86. The highest BCUT2D eigenvalue weighted by Crippen LogP contribution is 2.25. The molecule has 2 rings (SSSR count). The number of hydrogen-bond acceptors (Lipinski definition) is 2. The first kappa shape index (κ1) is 14.5. The summed E-state index contributed by atoms with van der Waals surface area (Å²) in [4.78, 5) is 1.33. The highest BCUT2D eigenvalue weighted by atomic mass is 35.5. The molecule has 0 aliphatic rings. The van der Waals surface area contributed by atoms with E-state index in [1.807, 2.05) is 13.0 Å². The molecule has 19 heavy (non-hydrogen) atoms. The molecule has 1 atom stereocenters. The number of hydrogen-bond donors (Lipinski definition) is 1. The van der Waals surface area contributed by atoms with Crippen LogP contribution in [0.25, 0.3) is 0 Å². The Morgan fingerprint density at radius 1 is 1.37 bits per heavy atom. The average Bonchev–Trinajstić information content (AvgIpc) is 2.88. The highest BCUT2D eigenvalue weighted by Gasteiger charge is 2.15. The Hall–Kier alpha value is -0.900. The van der Waals surface area contributed by atoms with Crippen molar-refractivity contribution in [1.82, 2.24) is 5.32 Å². The van der Waals surface area contributed by atoms with E-state index in [9.17, 15) is 4.39 Å². The van der Waals surface area contributed by atoms with Gasteiger partial charge in [-0.2, -0.15) is 0 Å². The van der Waals surface area contributed by atoms with Crippen LogP contribution < -0.4 is 5.32 Å². The lowest BCUT2D eigenvalue weighted by atomic mass is 10.0. The van der Waals surface area contributed by atoms with E-state index in [0.29, 0.717) is 10.6 Å². The largest absolute Gasteiger partial charge is 0.310 e. The fourth-order valence-corrected chi connectivity index (χ4v) is 3.02. The average molecular weight is 298 g/mol. The van der Waals surface area contributed by atoms with Gasteiger partial charge in [0, 0.05) is 21.5 Å². The maximum atomic E-state index is 14.0. The van der Waals surface area contributed by atoms with Crippen LogP contribution in [-0.4, -0.2) is 6.54 Å². The van der Waals surface area contributed by atoms with E-state index in [1.54, 1.807) is 23.5 Å². The summed E-state index contributed by atoms with van der Waals surface area (Å²) in [7, 11) is 0. The van der Waals surface area contributed by atoms with Gasteiger partial charge >= 0.3 is 0 Å². The van der Waals surface area contributed by atoms with Gasteiger partial charge in [-0.25, -0.2) is 4.39 Å². The van der Waals surface area contributed by atoms with E-state index in [-0.39, 0.29) is 11.9 Å². The van der Waals surface area contributed by atoms with Gasteiger partial charge in [0.2, 0.25) is 0 Å². The molecule has 102 valence electrons. The molecule has 1 heterocycles. The van der Waals surface area contributed by atoms with Gasteiger partial charge in [0.05, 0.1) is 0 Å². The van der Waals surface area contributed by atoms with Crippen LogP contribution in [0.3, 0.4) is 0 Å². The lowest BCUT2D eigenvalue weighted by Crippen LogP contribution is -2.22. The Balaban J connectivity index is 2.10. The molecule has 0 radical (unpaired) electrons. The summed E-state index contributed by atoms with van der Waals surface area (Å²) in [6.07, 6.45) is 1.84. The van der Waals surface area contributed by atoms with Crippen LogP contribution >= 0.6 is 22.9 Å². The summed E-state index contributed by atoms with van der Waals surface area (Å²) in [6.45, 7) is 2.85. The number of halogens is 2. The first-order valence-electron chi connectivity index (χ1n) is 6.41. The van der Waals surface area contributed by atoms with E-state index in [2.05, 4.69) is 16.8 Å². The molecule has 0 aliphatic carbocycles. The first-order chi connectivity index (χ1) is 9.20. The molecule has 0 fully saturated rings. The Morgan fingerprint density at radius 3 is 2.84 bits per heavy atom. The van der Waals surface area contributed by atoms with Gasteiger partial charge in [0.15, 0.2) is 0 Å². The van der Waals surface area contributed by atoms with Crippen molar-refractivity contribution in [3.8, 4) is 0 Å². The molecule has 1 N–H and O–H groups in total. The summed E-state index contributed by atoms with van der Waals surface area (Å²) in [6, 6.07) is 9.10. The van der Waals surface area contributed by atoms with Crippen LogP contribution in [0.15, 0.2) is 35.7 Å². The summed E-state index contributed by atoms with van der Waals surface area (Å²) in [5.41, 5.74) is 0.697. The van der Waals surface area contributed by atoms with Crippen molar-refractivity contribution in [2.45, 2.75) is 25.8 Å². The Bertz CT molecular complexity index is 513. The zero-order chi connectivity index (χ0) is 13.7. The highest BCUT2D eigenvalue weighted by molar-refractivity contribution is 7.09. The van der Waals surface area contributed by atoms with Gasteiger partial charge in [0.25, 0.3) is 0 Å². The van der Waals surface area contributed by atoms with Gasteiger partial charge in [-0.3, -0.25) is 0 Å². The number of thiophene rings is 1. The molecule has 0 saturated carbocycles. The van der Waals surface area contributed by atoms with Crippen LogP contribution in [0.4, 0.5) is 4.39 Å². The van der Waals surface area contributed by atoms with Gasteiger partial charge < -0.3 is 5.32 Å². The molecule has 0 bridgehead atoms. The molecule has 0 aliphatic heterocycles.